The van der Waals surface area contributed by atoms with Crippen molar-refractivity contribution in [3.8, 4) is 0 Å². The molecule has 20 heavy (non-hydrogen) atoms. The van der Waals surface area contributed by atoms with Crippen LogP contribution in [0.1, 0.15) is 35.2 Å². The molecule has 0 spiro atoms. The second-order valence-electron chi connectivity index (χ2n) is 4.95. The van der Waals surface area contributed by atoms with E-state index in [0.29, 0.717) is 31.5 Å². The number of hydrogen-bond donors (Lipinski definition) is 2. The van der Waals surface area contributed by atoms with Gasteiger partial charge in [-0.2, -0.15) is 0 Å². The molecule has 0 bridgehead atoms. The summed E-state index contributed by atoms with van der Waals surface area (Å²) < 4.78 is 0. The van der Waals surface area contributed by atoms with Crippen LogP contribution in [0.15, 0.2) is 24.3 Å². The third-order valence-corrected chi connectivity index (χ3v) is 3.35. The molecule has 1 heterocycles. The van der Waals surface area contributed by atoms with E-state index in [1.54, 1.807) is 6.07 Å². The maximum atomic E-state index is 11.9. The van der Waals surface area contributed by atoms with Crippen LogP contribution < -0.4 is 5.32 Å². The Morgan fingerprint density at radius 3 is 2.95 bits per heavy atom. The van der Waals surface area contributed by atoms with Crippen LogP contribution in [0.2, 0.25) is 0 Å². The summed E-state index contributed by atoms with van der Waals surface area (Å²) in [7, 11) is 0. The molecule has 1 fully saturated rings. The lowest BCUT2D eigenvalue weighted by molar-refractivity contribution is -0.128. The quantitative estimate of drug-likeness (QED) is 0.759. The molecule has 1 aliphatic rings. The second kappa shape index (κ2) is 7.05. The van der Waals surface area contributed by atoms with Crippen LogP contribution in [0, 0.1) is 0 Å². The fourth-order valence-electron chi connectivity index (χ4n) is 2.29. The minimum Gasteiger partial charge on any atom is -0.396 e. The highest BCUT2D eigenvalue weighted by atomic mass is 16.3. The first-order chi connectivity index (χ1) is 9.70. The van der Waals surface area contributed by atoms with Crippen molar-refractivity contribution in [3.63, 3.8) is 0 Å². The van der Waals surface area contributed by atoms with Gasteiger partial charge in [0, 0.05) is 38.2 Å². The molecule has 2 rings (SSSR count). The highest BCUT2D eigenvalue weighted by molar-refractivity contribution is 5.94. The van der Waals surface area contributed by atoms with E-state index in [4.69, 9.17) is 5.11 Å². The van der Waals surface area contributed by atoms with Crippen LogP contribution in [-0.2, 0) is 11.3 Å². The van der Waals surface area contributed by atoms with Gasteiger partial charge in [0.25, 0.3) is 5.91 Å². The zero-order valence-corrected chi connectivity index (χ0v) is 11.5. The highest BCUT2D eigenvalue weighted by Crippen LogP contribution is 2.15. The van der Waals surface area contributed by atoms with Gasteiger partial charge >= 0.3 is 0 Å². The molecule has 0 aromatic heterocycles. The summed E-state index contributed by atoms with van der Waals surface area (Å²) in [6.45, 7) is 1.89. The summed E-state index contributed by atoms with van der Waals surface area (Å²) in [5.74, 6) is 0.0378. The SMILES string of the molecule is O=C(NCCCO)c1cccc(CN2CCCC2=O)c1. The van der Waals surface area contributed by atoms with Gasteiger partial charge in [-0.15, -0.1) is 0 Å². The fraction of sp³-hybridized carbons (Fsp3) is 0.467. The zero-order valence-electron chi connectivity index (χ0n) is 11.5. The van der Waals surface area contributed by atoms with E-state index in [9.17, 15) is 9.59 Å². The van der Waals surface area contributed by atoms with Gasteiger partial charge in [-0.05, 0) is 30.5 Å². The standard InChI is InChI=1S/C15H20N2O3/c18-9-3-7-16-15(20)13-5-1-4-12(10-13)11-17-8-2-6-14(17)19/h1,4-5,10,18H,2-3,6-9,11H2,(H,16,20). The maximum Gasteiger partial charge on any atom is 0.251 e. The molecule has 1 aromatic rings. The fourth-order valence-corrected chi connectivity index (χ4v) is 2.29. The largest absolute Gasteiger partial charge is 0.396 e. The molecular weight excluding hydrogens is 256 g/mol. The Morgan fingerprint density at radius 2 is 2.25 bits per heavy atom. The first-order valence-corrected chi connectivity index (χ1v) is 6.96. The molecule has 2 amide bonds. The number of carbonyl (C=O) groups excluding carboxylic acids is 2. The lowest BCUT2D eigenvalue weighted by atomic mass is 10.1. The van der Waals surface area contributed by atoms with Gasteiger partial charge in [0.2, 0.25) is 5.91 Å². The molecule has 5 nitrogen and oxygen atoms in total. The van der Waals surface area contributed by atoms with Gasteiger partial charge in [-0.25, -0.2) is 0 Å². The number of rotatable bonds is 6. The summed E-state index contributed by atoms with van der Waals surface area (Å²) in [5.41, 5.74) is 1.56. The van der Waals surface area contributed by atoms with Crippen LogP contribution in [0.3, 0.4) is 0 Å². The van der Waals surface area contributed by atoms with Crippen LogP contribution >= 0.6 is 0 Å². The Hall–Kier alpha value is -1.88. The molecular formula is C15H20N2O3. The first-order valence-electron chi connectivity index (χ1n) is 6.96. The van der Waals surface area contributed by atoms with Gasteiger partial charge in [-0.1, -0.05) is 12.1 Å². The molecule has 0 aliphatic carbocycles. The van der Waals surface area contributed by atoms with Gasteiger partial charge < -0.3 is 15.3 Å². The Bertz CT molecular complexity index is 488. The third-order valence-electron chi connectivity index (χ3n) is 3.35. The molecule has 5 heteroatoms. The first kappa shape index (κ1) is 14.5. The van der Waals surface area contributed by atoms with Crippen LogP contribution in [0.4, 0.5) is 0 Å². The zero-order chi connectivity index (χ0) is 14.4. The summed E-state index contributed by atoms with van der Waals surface area (Å²) in [6, 6.07) is 7.33. The van der Waals surface area contributed by atoms with Crippen molar-refractivity contribution in [1.82, 2.24) is 10.2 Å². The number of carbonyl (C=O) groups is 2. The van der Waals surface area contributed by atoms with Gasteiger partial charge in [0.1, 0.15) is 0 Å². The molecule has 1 aliphatic heterocycles. The number of aliphatic hydroxyl groups excluding tert-OH is 1. The normalized spacial score (nSPS) is 14.7. The van der Waals surface area contributed by atoms with Crippen molar-refractivity contribution in [2.75, 3.05) is 19.7 Å². The predicted octanol–water partition coefficient (Wildman–Crippen LogP) is 0.921. The van der Waals surface area contributed by atoms with E-state index in [1.807, 2.05) is 23.1 Å². The maximum absolute atomic E-state index is 11.9. The van der Waals surface area contributed by atoms with Gasteiger partial charge in [0.15, 0.2) is 0 Å². The number of aliphatic hydroxyl groups is 1. The Labute approximate surface area is 118 Å². The highest BCUT2D eigenvalue weighted by Gasteiger charge is 2.20. The predicted molar refractivity (Wildman–Crippen MR) is 75.1 cm³/mol. The molecule has 0 saturated carbocycles. The molecule has 1 saturated heterocycles. The van der Waals surface area contributed by atoms with E-state index in [1.165, 1.54) is 0 Å². The molecule has 0 atom stereocenters. The number of nitrogens with one attached hydrogen (secondary N) is 1. The van der Waals surface area contributed by atoms with E-state index in [0.717, 1.165) is 18.5 Å². The van der Waals surface area contributed by atoms with Crippen LogP contribution in [0.25, 0.3) is 0 Å². The van der Waals surface area contributed by atoms with Gasteiger partial charge in [0.05, 0.1) is 0 Å². The summed E-state index contributed by atoms with van der Waals surface area (Å²) >= 11 is 0. The number of hydrogen-bond acceptors (Lipinski definition) is 3. The second-order valence-corrected chi connectivity index (χ2v) is 4.95. The molecule has 108 valence electrons. The van der Waals surface area contributed by atoms with Crippen molar-refractivity contribution in [3.05, 3.63) is 35.4 Å². The number of benzene rings is 1. The van der Waals surface area contributed by atoms with E-state index < -0.39 is 0 Å². The average molecular weight is 276 g/mol. The van der Waals surface area contributed by atoms with E-state index in [2.05, 4.69) is 5.32 Å². The molecule has 0 radical (unpaired) electrons. The van der Waals surface area contributed by atoms with Crippen molar-refractivity contribution in [2.24, 2.45) is 0 Å². The van der Waals surface area contributed by atoms with E-state index in [-0.39, 0.29) is 18.4 Å². The molecule has 0 unspecified atom stereocenters. The smallest absolute Gasteiger partial charge is 0.251 e. The van der Waals surface area contributed by atoms with Gasteiger partial charge in [-0.3, -0.25) is 9.59 Å². The van der Waals surface area contributed by atoms with Crippen molar-refractivity contribution >= 4 is 11.8 Å². The van der Waals surface area contributed by atoms with Crippen LogP contribution in [-0.4, -0.2) is 41.5 Å². The number of likely N-dealkylation sites (tertiary alicyclic amines) is 1. The Balaban J connectivity index is 1.96. The van der Waals surface area contributed by atoms with Crippen LogP contribution in [0.5, 0.6) is 0 Å². The molecule has 1 aromatic carbocycles. The summed E-state index contributed by atoms with van der Waals surface area (Å²) in [5, 5.41) is 11.4. The number of nitrogens with zero attached hydrogens (tertiary/aromatic N) is 1. The van der Waals surface area contributed by atoms with Crippen molar-refractivity contribution < 1.29 is 14.7 Å². The number of amides is 2. The van der Waals surface area contributed by atoms with Crippen molar-refractivity contribution in [2.45, 2.75) is 25.8 Å². The third kappa shape index (κ3) is 3.81. The Kier molecular flexibility index (Phi) is 5.12. The van der Waals surface area contributed by atoms with E-state index >= 15 is 0 Å². The summed E-state index contributed by atoms with van der Waals surface area (Å²) in [6.07, 6.45) is 2.09. The average Bonchev–Trinajstić information content (AvgIpc) is 2.85. The minimum absolute atomic E-state index is 0.0669. The lowest BCUT2D eigenvalue weighted by Crippen LogP contribution is -2.26. The van der Waals surface area contributed by atoms with Crippen molar-refractivity contribution in [1.29, 1.82) is 0 Å². The molecule has 2 N–H and O–H groups in total. The lowest BCUT2D eigenvalue weighted by Gasteiger charge is -2.16. The Morgan fingerprint density at radius 1 is 1.40 bits per heavy atom. The summed E-state index contributed by atoms with van der Waals surface area (Å²) in [4.78, 5) is 25.3. The minimum atomic E-state index is -0.145. The topological polar surface area (TPSA) is 69.6 Å². The monoisotopic (exact) mass is 276 g/mol.